The number of aliphatic hydroxyl groups excluding tert-OH is 1. The van der Waals surface area contributed by atoms with E-state index < -0.39 is 0 Å². The summed E-state index contributed by atoms with van der Waals surface area (Å²) in [5, 5.41) is 12.9. The van der Waals surface area contributed by atoms with E-state index in [-0.39, 0.29) is 42.3 Å². The molecule has 3 atom stereocenters. The van der Waals surface area contributed by atoms with Gasteiger partial charge in [0.1, 0.15) is 0 Å². The van der Waals surface area contributed by atoms with Crippen molar-refractivity contribution >= 4 is 17.4 Å². The fourth-order valence-electron chi connectivity index (χ4n) is 4.91. The molecule has 1 saturated heterocycles. The molecule has 150 valence electrons. The minimum atomic E-state index is -0.205. The van der Waals surface area contributed by atoms with Crippen LogP contribution in [0, 0.1) is 5.92 Å². The Morgan fingerprint density at radius 1 is 1.14 bits per heavy atom. The van der Waals surface area contributed by atoms with E-state index in [2.05, 4.69) is 35.7 Å². The van der Waals surface area contributed by atoms with Crippen molar-refractivity contribution in [1.82, 2.24) is 10.2 Å². The molecular weight excluding hydrogens is 352 g/mol. The molecule has 2 amide bonds. The van der Waals surface area contributed by atoms with Crippen LogP contribution in [0.25, 0.3) is 5.57 Å². The lowest BCUT2D eigenvalue weighted by Gasteiger charge is -2.56. The predicted octanol–water partition coefficient (Wildman–Crippen LogP) is 2.85. The highest BCUT2D eigenvalue weighted by Crippen LogP contribution is 2.43. The predicted molar refractivity (Wildman–Crippen MR) is 109 cm³/mol. The second-order valence-electron chi connectivity index (χ2n) is 8.40. The molecule has 1 saturated carbocycles. The summed E-state index contributed by atoms with van der Waals surface area (Å²) in [4.78, 5) is 26.3. The molecule has 2 fully saturated rings. The van der Waals surface area contributed by atoms with E-state index in [1.54, 1.807) is 0 Å². The SMILES string of the molecule is CC(=O)NC[C@H]1[C@@H](c2ccc(C3=CCCC3)cc2)[C@@H](CO)N1C(=O)C1CCC1. The van der Waals surface area contributed by atoms with Crippen LogP contribution in [-0.2, 0) is 9.59 Å². The summed E-state index contributed by atoms with van der Waals surface area (Å²) in [6.45, 7) is 1.88. The van der Waals surface area contributed by atoms with E-state index in [0.29, 0.717) is 6.54 Å². The van der Waals surface area contributed by atoms with Gasteiger partial charge in [0.05, 0.1) is 18.7 Å². The molecule has 5 nitrogen and oxygen atoms in total. The summed E-state index contributed by atoms with van der Waals surface area (Å²) >= 11 is 0. The van der Waals surface area contributed by atoms with E-state index in [9.17, 15) is 14.7 Å². The number of carbonyl (C=O) groups is 2. The Morgan fingerprint density at radius 3 is 2.43 bits per heavy atom. The Labute approximate surface area is 166 Å². The summed E-state index contributed by atoms with van der Waals surface area (Å²) in [5.74, 6) is 0.189. The highest BCUT2D eigenvalue weighted by molar-refractivity contribution is 5.82. The highest BCUT2D eigenvalue weighted by atomic mass is 16.3. The van der Waals surface area contributed by atoms with Crippen molar-refractivity contribution in [2.24, 2.45) is 5.92 Å². The lowest BCUT2D eigenvalue weighted by atomic mass is 9.72. The number of nitrogens with one attached hydrogen (secondary N) is 1. The Hall–Kier alpha value is -2.14. The van der Waals surface area contributed by atoms with Crippen LogP contribution < -0.4 is 5.32 Å². The minimum absolute atomic E-state index is 0.0486. The second-order valence-corrected chi connectivity index (χ2v) is 8.40. The van der Waals surface area contributed by atoms with Gasteiger partial charge < -0.3 is 15.3 Å². The summed E-state index contributed by atoms with van der Waals surface area (Å²) in [6.07, 6.45) is 8.81. The number of amides is 2. The molecule has 0 spiro atoms. The molecule has 1 aromatic carbocycles. The second kappa shape index (κ2) is 8.08. The molecule has 1 aromatic rings. The minimum Gasteiger partial charge on any atom is -0.394 e. The average molecular weight is 383 g/mol. The Bertz CT molecular complexity index is 767. The van der Waals surface area contributed by atoms with Gasteiger partial charge in [-0.15, -0.1) is 0 Å². The van der Waals surface area contributed by atoms with Crippen molar-refractivity contribution in [2.45, 2.75) is 63.5 Å². The van der Waals surface area contributed by atoms with Crippen LogP contribution in [-0.4, -0.2) is 47.1 Å². The number of allylic oxidation sites excluding steroid dienone is 2. The smallest absolute Gasteiger partial charge is 0.226 e. The van der Waals surface area contributed by atoms with Crippen molar-refractivity contribution in [2.75, 3.05) is 13.2 Å². The number of nitrogens with zero attached hydrogens (tertiary/aromatic N) is 1. The van der Waals surface area contributed by atoms with Gasteiger partial charge in [-0.2, -0.15) is 0 Å². The molecule has 5 heteroatoms. The molecular formula is C23H30N2O3. The van der Waals surface area contributed by atoms with Crippen LogP contribution in [0.15, 0.2) is 30.3 Å². The van der Waals surface area contributed by atoms with Crippen molar-refractivity contribution < 1.29 is 14.7 Å². The summed E-state index contributed by atoms with van der Waals surface area (Å²) < 4.78 is 0. The zero-order valence-electron chi connectivity index (χ0n) is 16.6. The van der Waals surface area contributed by atoms with Gasteiger partial charge in [-0.05, 0) is 48.8 Å². The topological polar surface area (TPSA) is 69.6 Å². The number of carbonyl (C=O) groups excluding carboxylic acids is 2. The maximum atomic E-state index is 12.9. The molecule has 1 heterocycles. The van der Waals surface area contributed by atoms with Crippen LogP contribution in [0.4, 0.5) is 0 Å². The third kappa shape index (κ3) is 3.48. The summed E-state index contributed by atoms with van der Waals surface area (Å²) in [6, 6.07) is 8.29. The maximum Gasteiger partial charge on any atom is 0.226 e. The molecule has 2 aliphatic carbocycles. The normalized spacial score (nSPS) is 27.0. The van der Waals surface area contributed by atoms with E-state index in [4.69, 9.17) is 0 Å². The molecule has 28 heavy (non-hydrogen) atoms. The number of hydrogen-bond acceptors (Lipinski definition) is 3. The highest BCUT2D eigenvalue weighted by Gasteiger charge is 2.52. The maximum absolute atomic E-state index is 12.9. The van der Waals surface area contributed by atoms with E-state index >= 15 is 0 Å². The monoisotopic (exact) mass is 382 g/mol. The zero-order valence-corrected chi connectivity index (χ0v) is 16.6. The molecule has 0 unspecified atom stereocenters. The van der Waals surface area contributed by atoms with Crippen LogP contribution in [0.3, 0.4) is 0 Å². The van der Waals surface area contributed by atoms with Gasteiger partial charge >= 0.3 is 0 Å². The van der Waals surface area contributed by atoms with E-state index in [1.165, 1.54) is 24.5 Å². The lowest BCUT2D eigenvalue weighted by molar-refractivity contribution is -0.158. The molecule has 4 rings (SSSR count). The van der Waals surface area contributed by atoms with Gasteiger partial charge in [-0.25, -0.2) is 0 Å². The first kappa shape index (κ1) is 19.2. The summed E-state index contributed by atoms with van der Waals surface area (Å²) in [7, 11) is 0. The largest absolute Gasteiger partial charge is 0.394 e. The molecule has 3 aliphatic rings. The fraction of sp³-hybridized carbons (Fsp3) is 0.565. The lowest BCUT2D eigenvalue weighted by Crippen LogP contribution is -2.69. The number of hydrogen-bond donors (Lipinski definition) is 2. The first-order valence-corrected chi connectivity index (χ1v) is 10.6. The number of benzene rings is 1. The average Bonchev–Trinajstić information content (AvgIpc) is 3.14. The van der Waals surface area contributed by atoms with Gasteiger partial charge in [0.2, 0.25) is 11.8 Å². The van der Waals surface area contributed by atoms with Crippen LogP contribution in [0.1, 0.15) is 62.5 Å². The molecule has 2 N–H and O–H groups in total. The van der Waals surface area contributed by atoms with Crippen LogP contribution in [0.2, 0.25) is 0 Å². The van der Waals surface area contributed by atoms with Crippen molar-refractivity contribution in [3.8, 4) is 0 Å². The number of rotatable bonds is 6. The Balaban J connectivity index is 1.55. The first-order valence-electron chi connectivity index (χ1n) is 10.6. The van der Waals surface area contributed by atoms with Crippen molar-refractivity contribution in [3.63, 3.8) is 0 Å². The molecule has 0 radical (unpaired) electrons. The molecule has 0 bridgehead atoms. The first-order chi connectivity index (χ1) is 13.6. The Morgan fingerprint density at radius 2 is 1.89 bits per heavy atom. The number of aliphatic hydroxyl groups is 1. The van der Waals surface area contributed by atoms with Gasteiger partial charge in [-0.1, -0.05) is 36.8 Å². The third-order valence-corrected chi connectivity index (χ3v) is 6.71. The standard InChI is InChI=1S/C23H30N2O3/c1-15(27)24-13-20-22(21(14-26)25(20)23(28)19-7-4-8-19)18-11-9-17(10-12-18)16-5-2-3-6-16/h5,9-12,19-22,26H,2-4,6-8,13-14H2,1H3,(H,24,27)/t20-,21+,22+/m0/s1. The van der Waals surface area contributed by atoms with Gasteiger partial charge in [0.15, 0.2) is 0 Å². The zero-order chi connectivity index (χ0) is 19.7. The summed E-state index contributed by atoms with van der Waals surface area (Å²) in [5.41, 5.74) is 3.81. The van der Waals surface area contributed by atoms with E-state index in [1.807, 2.05) is 4.90 Å². The number of likely N-dealkylation sites (tertiary alicyclic amines) is 1. The van der Waals surface area contributed by atoms with E-state index in [0.717, 1.165) is 37.7 Å². The van der Waals surface area contributed by atoms with Crippen LogP contribution >= 0.6 is 0 Å². The van der Waals surface area contributed by atoms with Gasteiger partial charge in [-0.3, -0.25) is 9.59 Å². The fourth-order valence-corrected chi connectivity index (χ4v) is 4.91. The molecule has 0 aromatic heterocycles. The van der Waals surface area contributed by atoms with Crippen LogP contribution in [0.5, 0.6) is 0 Å². The van der Waals surface area contributed by atoms with Gasteiger partial charge in [0, 0.05) is 25.3 Å². The van der Waals surface area contributed by atoms with Gasteiger partial charge in [0.25, 0.3) is 0 Å². The Kier molecular flexibility index (Phi) is 5.54. The molecule has 1 aliphatic heterocycles. The van der Waals surface area contributed by atoms with Crippen molar-refractivity contribution in [1.29, 1.82) is 0 Å². The third-order valence-electron chi connectivity index (χ3n) is 6.71. The van der Waals surface area contributed by atoms with Crippen molar-refractivity contribution in [3.05, 3.63) is 41.5 Å². The quantitative estimate of drug-likeness (QED) is 0.795.